The third-order valence-electron chi connectivity index (χ3n) is 4.97. The molecule has 0 atom stereocenters. The van der Waals surface area contributed by atoms with E-state index in [1.807, 2.05) is 25.3 Å². The Morgan fingerprint density at radius 2 is 1.69 bits per heavy atom. The van der Waals surface area contributed by atoms with Crippen LogP contribution in [0.3, 0.4) is 0 Å². The summed E-state index contributed by atoms with van der Waals surface area (Å²) in [6.45, 7) is 7.46. The monoisotopic (exact) mass is 477 g/mol. The van der Waals surface area contributed by atoms with Crippen LogP contribution in [0.5, 0.6) is 0 Å². The van der Waals surface area contributed by atoms with Gasteiger partial charge in [0.15, 0.2) is 4.80 Å². The molecule has 1 aromatic heterocycles. The van der Waals surface area contributed by atoms with Crippen LogP contribution < -0.4 is 4.80 Å². The van der Waals surface area contributed by atoms with E-state index in [0.717, 1.165) is 29.5 Å². The Hall–Kier alpha value is -2.36. The highest BCUT2D eigenvalue weighted by atomic mass is 32.2. The molecule has 0 saturated carbocycles. The first-order valence-electron chi connectivity index (χ1n) is 10.8. The molecule has 0 spiro atoms. The summed E-state index contributed by atoms with van der Waals surface area (Å²) in [5.74, 6) is -0.804. The molecule has 6 nitrogen and oxygen atoms in total. The molecule has 1 amide bonds. The van der Waals surface area contributed by atoms with Gasteiger partial charge in [0.25, 0.3) is 5.91 Å². The maximum Gasteiger partial charge on any atom is 0.279 e. The summed E-state index contributed by atoms with van der Waals surface area (Å²) in [5.41, 5.74) is 1.13. The summed E-state index contributed by atoms with van der Waals surface area (Å²) in [6.07, 6.45) is 2.29. The highest BCUT2D eigenvalue weighted by molar-refractivity contribution is 7.89. The SMILES string of the molecule is CCCN(CCC)S(=O)(=O)c1ccc(C(=O)N=c2sc3cc(F)ccc3n2CCC)cc1. The average Bonchev–Trinajstić information content (AvgIpc) is 3.09. The molecule has 3 aromatic rings. The van der Waals surface area contributed by atoms with Crippen molar-refractivity contribution in [3.8, 4) is 0 Å². The van der Waals surface area contributed by atoms with Gasteiger partial charge in [0.2, 0.25) is 10.0 Å². The number of aryl methyl sites for hydroxylation is 1. The van der Waals surface area contributed by atoms with Crippen molar-refractivity contribution in [1.82, 2.24) is 8.87 Å². The molecule has 3 rings (SSSR count). The number of amides is 1. The molecule has 2 aromatic carbocycles. The van der Waals surface area contributed by atoms with Crippen molar-refractivity contribution in [3.05, 3.63) is 58.6 Å². The maximum atomic E-state index is 13.6. The van der Waals surface area contributed by atoms with E-state index < -0.39 is 15.9 Å². The van der Waals surface area contributed by atoms with E-state index in [1.54, 1.807) is 6.07 Å². The summed E-state index contributed by atoms with van der Waals surface area (Å²) in [7, 11) is -3.61. The van der Waals surface area contributed by atoms with E-state index in [2.05, 4.69) is 4.99 Å². The van der Waals surface area contributed by atoms with Crippen molar-refractivity contribution in [3.63, 3.8) is 0 Å². The van der Waals surface area contributed by atoms with Crippen LogP contribution in [-0.2, 0) is 16.6 Å². The number of thiazole rings is 1. The minimum atomic E-state index is -3.61. The molecule has 9 heteroatoms. The number of carbonyl (C=O) groups is 1. The highest BCUT2D eigenvalue weighted by Crippen LogP contribution is 2.20. The second kappa shape index (κ2) is 10.5. The predicted octanol–water partition coefficient (Wildman–Crippen LogP) is 4.80. The predicted molar refractivity (Wildman–Crippen MR) is 126 cm³/mol. The summed E-state index contributed by atoms with van der Waals surface area (Å²) in [5, 5.41) is 0. The fraction of sp³-hybridized carbons (Fsp3) is 0.391. The number of halogens is 1. The van der Waals surface area contributed by atoms with Gasteiger partial charge in [0, 0.05) is 25.2 Å². The number of nitrogens with zero attached hydrogens (tertiary/aromatic N) is 3. The van der Waals surface area contributed by atoms with Crippen molar-refractivity contribution in [2.75, 3.05) is 13.1 Å². The number of aromatic nitrogens is 1. The number of rotatable bonds is 9. The number of fused-ring (bicyclic) bond motifs is 1. The molecule has 0 aliphatic carbocycles. The Morgan fingerprint density at radius 1 is 1.03 bits per heavy atom. The van der Waals surface area contributed by atoms with E-state index in [9.17, 15) is 17.6 Å². The normalized spacial score (nSPS) is 12.7. The zero-order chi connectivity index (χ0) is 23.3. The van der Waals surface area contributed by atoms with Crippen LogP contribution in [0.2, 0.25) is 0 Å². The minimum absolute atomic E-state index is 0.161. The first kappa shape index (κ1) is 24.3. The van der Waals surface area contributed by atoms with Gasteiger partial charge in [-0.15, -0.1) is 0 Å². The van der Waals surface area contributed by atoms with Crippen LogP contribution in [0, 0.1) is 5.82 Å². The summed E-state index contributed by atoms with van der Waals surface area (Å²) >= 11 is 1.26. The van der Waals surface area contributed by atoms with E-state index in [4.69, 9.17) is 0 Å². The van der Waals surface area contributed by atoms with Crippen LogP contribution >= 0.6 is 11.3 Å². The van der Waals surface area contributed by atoms with Crippen molar-refractivity contribution in [1.29, 1.82) is 0 Å². The summed E-state index contributed by atoms with van der Waals surface area (Å²) < 4.78 is 43.5. The van der Waals surface area contributed by atoms with Gasteiger partial charge < -0.3 is 4.57 Å². The van der Waals surface area contributed by atoms with Crippen molar-refractivity contribution in [2.24, 2.45) is 4.99 Å². The molecule has 0 aliphatic rings. The number of carbonyl (C=O) groups excluding carboxylic acids is 1. The van der Waals surface area contributed by atoms with Gasteiger partial charge >= 0.3 is 0 Å². The number of benzene rings is 2. The van der Waals surface area contributed by atoms with Crippen LogP contribution in [-0.4, -0.2) is 36.3 Å². The Kier molecular flexibility index (Phi) is 7.97. The Balaban J connectivity index is 1.94. The van der Waals surface area contributed by atoms with Gasteiger partial charge in [-0.25, -0.2) is 12.8 Å². The second-order valence-electron chi connectivity index (χ2n) is 7.49. The van der Waals surface area contributed by atoms with Crippen LogP contribution in [0.4, 0.5) is 4.39 Å². The van der Waals surface area contributed by atoms with E-state index >= 15 is 0 Å². The van der Waals surface area contributed by atoms with Gasteiger partial charge in [-0.05, 0) is 61.7 Å². The molecular formula is C23H28FN3O3S2. The van der Waals surface area contributed by atoms with Crippen LogP contribution in [0.1, 0.15) is 50.4 Å². The van der Waals surface area contributed by atoms with E-state index in [1.165, 1.54) is 52.0 Å². The summed E-state index contributed by atoms with van der Waals surface area (Å²) in [4.78, 5) is 17.7. The number of hydrogen-bond acceptors (Lipinski definition) is 4. The Morgan fingerprint density at radius 3 is 2.28 bits per heavy atom. The Bertz CT molecular complexity index is 1260. The smallest absolute Gasteiger partial charge is 0.279 e. The molecule has 0 saturated heterocycles. The fourth-order valence-electron chi connectivity index (χ4n) is 3.49. The maximum absolute atomic E-state index is 13.6. The van der Waals surface area contributed by atoms with Crippen LogP contribution in [0.15, 0.2) is 52.4 Å². The van der Waals surface area contributed by atoms with E-state index in [-0.39, 0.29) is 10.7 Å². The van der Waals surface area contributed by atoms with Gasteiger partial charge in [-0.2, -0.15) is 9.30 Å². The molecule has 172 valence electrons. The third kappa shape index (κ3) is 5.16. The van der Waals surface area contributed by atoms with Gasteiger partial charge in [0.05, 0.1) is 15.1 Å². The minimum Gasteiger partial charge on any atom is -0.316 e. The third-order valence-corrected chi connectivity index (χ3v) is 7.93. The molecule has 0 bridgehead atoms. The lowest BCUT2D eigenvalue weighted by atomic mass is 10.2. The van der Waals surface area contributed by atoms with Crippen LogP contribution in [0.25, 0.3) is 10.2 Å². The largest absolute Gasteiger partial charge is 0.316 e. The van der Waals surface area contributed by atoms with Gasteiger partial charge in [-0.1, -0.05) is 32.1 Å². The highest BCUT2D eigenvalue weighted by Gasteiger charge is 2.23. The van der Waals surface area contributed by atoms with Crippen molar-refractivity contribution < 1.29 is 17.6 Å². The standard InChI is InChI=1S/C23H28FN3O3S2/c1-4-13-26(14-5-2)32(29,30)19-10-7-17(8-11-19)22(28)25-23-27(15-6-3)20-12-9-18(24)16-21(20)31-23/h7-12,16H,4-6,13-15H2,1-3H3. The zero-order valence-electron chi connectivity index (χ0n) is 18.5. The average molecular weight is 478 g/mol. The topological polar surface area (TPSA) is 71.7 Å². The molecular weight excluding hydrogens is 449 g/mol. The number of hydrogen-bond donors (Lipinski definition) is 0. The van der Waals surface area contributed by atoms with Gasteiger partial charge in [0.1, 0.15) is 5.82 Å². The lowest BCUT2D eigenvalue weighted by Crippen LogP contribution is -2.32. The first-order valence-corrected chi connectivity index (χ1v) is 13.1. The second-order valence-corrected chi connectivity index (χ2v) is 10.4. The van der Waals surface area contributed by atoms with Crippen molar-refractivity contribution in [2.45, 2.75) is 51.5 Å². The lowest BCUT2D eigenvalue weighted by Gasteiger charge is -2.21. The molecule has 0 aliphatic heterocycles. The molecule has 32 heavy (non-hydrogen) atoms. The zero-order valence-corrected chi connectivity index (χ0v) is 20.2. The quantitative estimate of drug-likeness (QED) is 0.444. The lowest BCUT2D eigenvalue weighted by molar-refractivity contribution is 0.0997. The molecule has 0 radical (unpaired) electrons. The molecule has 1 heterocycles. The Labute approximate surface area is 192 Å². The molecule has 0 unspecified atom stereocenters. The van der Waals surface area contributed by atoms with E-state index in [0.29, 0.717) is 30.0 Å². The molecule has 0 N–H and O–H groups in total. The fourth-order valence-corrected chi connectivity index (χ4v) is 6.20. The number of sulfonamides is 1. The first-order chi connectivity index (χ1) is 15.3. The van der Waals surface area contributed by atoms with Gasteiger partial charge in [-0.3, -0.25) is 4.79 Å². The summed E-state index contributed by atoms with van der Waals surface area (Å²) in [6, 6.07) is 10.4. The molecule has 0 fully saturated rings. The van der Waals surface area contributed by atoms with Crippen molar-refractivity contribution >= 4 is 37.5 Å².